The van der Waals surface area contributed by atoms with Crippen molar-refractivity contribution in [2.75, 3.05) is 43.4 Å². The van der Waals surface area contributed by atoms with Crippen molar-refractivity contribution < 1.29 is 9.59 Å². The van der Waals surface area contributed by atoms with Gasteiger partial charge in [-0.05, 0) is 44.7 Å². The van der Waals surface area contributed by atoms with E-state index in [-0.39, 0.29) is 18.0 Å². The first-order chi connectivity index (χ1) is 14.4. The van der Waals surface area contributed by atoms with E-state index in [1.165, 1.54) is 0 Å². The second-order valence-corrected chi connectivity index (χ2v) is 7.90. The van der Waals surface area contributed by atoms with Gasteiger partial charge >= 0.3 is 6.03 Å². The standard InChI is InChI=1S/C23H31N5O2/c1-17(2)25-23(30)26-20-10-6-5-9-19(20)22(29)24-16-18-8-4-7-11-21(18)28-14-12-27(3)13-15-28/h4-11,17H,12-16H2,1-3H3,(H,24,29)(H2,25,26,30). The minimum Gasteiger partial charge on any atom is -0.369 e. The van der Waals surface area contributed by atoms with Crippen LogP contribution < -0.4 is 20.9 Å². The molecule has 0 saturated carbocycles. The number of nitrogens with zero attached hydrogens (tertiary/aromatic N) is 2. The maximum absolute atomic E-state index is 12.9. The van der Waals surface area contributed by atoms with Gasteiger partial charge in [-0.2, -0.15) is 0 Å². The number of carbonyl (C=O) groups is 2. The number of piperazine rings is 1. The highest BCUT2D eigenvalue weighted by Crippen LogP contribution is 2.22. The quantitative estimate of drug-likeness (QED) is 0.686. The van der Waals surface area contributed by atoms with E-state index >= 15 is 0 Å². The third kappa shape index (κ3) is 5.73. The highest BCUT2D eigenvalue weighted by molar-refractivity contribution is 6.03. The number of para-hydroxylation sites is 2. The average molecular weight is 410 g/mol. The summed E-state index contributed by atoms with van der Waals surface area (Å²) in [6, 6.07) is 14.9. The molecular formula is C23H31N5O2. The van der Waals surface area contributed by atoms with E-state index < -0.39 is 0 Å². The Balaban J connectivity index is 1.68. The maximum atomic E-state index is 12.9. The molecule has 0 aliphatic carbocycles. The van der Waals surface area contributed by atoms with E-state index in [4.69, 9.17) is 0 Å². The van der Waals surface area contributed by atoms with Crippen molar-refractivity contribution in [3.05, 3.63) is 59.7 Å². The molecule has 1 aliphatic heterocycles. The summed E-state index contributed by atoms with van der Waals surface area (Å²) in [7, 11) is 2.14. The number of likely N-dealkylation sites (N-methyl/N-ethyl adjacent to an activating group) is 1. The molecule has 1 heterocycles. The minimum absolute atomic E-state index is 0.0112. The molecule has 0 spiro atoms. The van der Waals surface area contributed by atoms with Crippen molar-refractivity contribution in [1.82, 2.24) is 15.5 Å². The second-order valence-electron chi connectivity index (χ2n) is 7.90. The zero-order valence-electron chi connectivity index (χ0n) is 17.9. The van der Waals surface area contributed by atoms with Gasteiger partial charge in [0.1, 0.15) is 0 Å². The van der Waals surface area contributed by atoms with Crippen LogP contribution in [0.3, 0.4) is 0 Å². The van der Waals surface area contributed by atoms with E-state index in [1.807, 2.05) is 32.0 Å². The minimum atomic E-state index is -0.328. The molecule has 0 unspecified atom stereocenters. The molecule has 1 aliphatic rings. The van der Waals surface area contributed by atoms with Crippen LogP contribution in [0.1, 0.15) is 29.8 Å². The number of benzene rings is 2. The lowest BCUT2D eigenvalue weighted by atomic mass is 10.1. The molecule has 3 N–H and O–H groups in total. The van der Waals surface area contributed by atoms with Gasteiger partial charge in [0.15, 0.2) is 0 Å². The molecule has 0 atom stereocenters. The van der Waals surface area contributed by atoms with Crippen LogP contribution in [0.4, 0.5) is 16.2 Å². The number of amides is 3. The monoisotopic (exact) mass is 409 g/mol. The Morgan fingerprint density at radius 3 is 2.37 bits per heavy atom. The van der Waals surface area contributed by atoms with Crippen molar-refractivity contribution in [2.45, 2.75) is 26.4 Å². The predicted molar refractivity (Wildman–Crippen MR) is 121 cm³/mol. The maximum Gasteiger partial charge on any atom is 0.319 e. The Bertz CT molecular complexity index is 875. The Hall–Kier alpha value is -3.06. The Labute approximate surface area is 178 Å². The molecule has 7 heteroatoms. The zero-order valence-corrected chi connectivity index (χ0v) is 17.9. The van der Waals surface area contributed by atoms with Gasteiger partial charge in [0.2, 0.25) is 0 Å². The fourth-order valence-electron chi connectivity index (χ4n) is 3.50. The molecule has 7 nitrogen and oxygen atoms in total. The largest absolute Gasteiger partial charge is 0.369 e. The summed E-state index contributed by atoms with van der Waals surface area (Å²) in [5, 5.41) is 8.55. The summed E-state index contributed by atoms with van der Waals surface area (Å²) in [5.74, 6) is -0.219. The average Bonchev–Trinajstić information content (AvgIpc) is 2.72. The van der Waals surface area contributed by atoms with Crippen LogP contribution in [0, 0.1) is 0 Å². The SMILES string of the molecule is CC(C)NC(=O)Nc1ccccc1C(=O)NCc1ccccc1N1CCN(C)CC1. The highest BCUT2D eigenvalue weighted by Gasteiger charge is 2.18. The van der Waals surface area contributed by atoms with Crippen LogP contribution in [0.5, 0.6) is 0 Å². The van der Waals surface area contributed by atoms with Crippen LogP contribution in [0.15, 0.2) is 48.5 Å². The van der Waals surface area contributed by atoms with Crippen LogP contribution in [0.25, 0.3) is 0 Å². The number of nitrogens with one attached hydrogen (secondary N) is 3. The van der Waals surface area contributed by atoms with E-state index in [0.29, 0.717) is 17.8 Å². The molecule has 1 fully saturated rings. The third-order valence-corrected chi connectivity index (χ3v) is 5.11. The number of hydrogen-bond donors (Lipinski definition) is 3. The number of urea groups is 1. The van der Waals surface area contributed by atoms with E-state index in [9.17, 15) is 9.59 Å². The molecular weight excluding hydrogens is 378 g/mol. The second kappa shape index (κ2) is 10.1. The molecule has 30 heavy (non-hydrogen) atoms. The lowest BCUT2D eigenvalue weighted by Gasteiger charge is -2.35. The zero-order chi connectivity index (χ0) is 21.5. The van der Waals surface area contributed by atoms with Crippen molar-refractivity contribution in [3.8, 4) is 0 Å². The first-order valence-electron chi connectivity index (χ1n) is 10.4. The van der Waals surface area contributed by atoms with Crippen LogP contribution in [-0.2, 0) is 6.54 Å². The van der Waals surface area contributed by atoms with Gasteiger partial charge in [-0.1, -0.05) is 30.3 Å². The van der Waals surface area contributed by atoms with Gasteiger partial charge in [0.05, 0.1) is 11.3 Å². The number of carbonyl (C=O) groups excluding carboxylic acids is 2. The predicted octanol–water partition coefficient (Wildman–Crippen LogP) is 2.90. The number of hydrogen-bond acceptors (Lipinski definition) is 4. The van der Waals surface area contributed by atoms with Crippen LogP contribution >= 0.6 is 0 Å². The van der Waals surface area contributed by atoms with Gasteiger partial charge in [0.25, 0.3) is 5.91 Å². The third-order valence-electron chi connectivity index (χ3n) is 5.11. The van der Waals surface area contributed by atoms with Gasteiger partial charge in [-0.3, -0.25) is 4.79 Å². The smallest absolute Gasteiger partial charge is 0.319 e. The number of anilines is 2. The lowest BCUT2D eigenvalue weighted by molar-refractivity contribution is 0.0952. The summed E-state index contributed by atoms with van der Waals surface area (Å²) < 4.78 is 0. The summed E-state index contributed by atoms with van der Waals surface area (Å²) in [4.78, 5) is 29.6. The van der Waals surface area contributed by atoms with Crippen molar-refractivity contribution in [1.29, 1.82) is 0 Å². The van der Waals surface area contributed by atoms with Gasteiger partial charge < -0.3 is 25.8 Å². The molecule has 3 rings (SSSR count). The normalized spacial score (nSPS) is 14.5. The van der Waals surface area contributed by atoms with Crippen LogP contribution in [0.2, 0.25) is 0 Å². The van der Waals surface area contributed by atoms with E-state index in [2.05, 4.69) is 38.9 Å². The summed E-state index contributed by atoms with van der Waals surface area (Å²) >= 11 is 0. The summed E-state index contributed by atoms with van der Waals surface area (Å²) in [6.07, 6.45) is 0. The summed E-state index contributed by atoms with van der Waals surface area (Å²) in [5.41, 5.74) is 3.17. The molecule has 0 radical (unpaired) electrons. The van der Waals surface area contributed by atoms with Crippen LogP contribution in [-0.4, -0.2) is 56.1 Å². The summed E-state index contributed by atoms with van der Waals surface area (Å²) in [6.45, 7) is 8.19. The molecule has 0 bridgehead atoms. The van der Waals surface area contributed by atoms with Crippen molar-refractivity contribution in [2.24, 2.45) is 0 Å². The molecule has 0 aromatic heterocycles. The Kier molecular flexibility index (Phi) is 7.30. The molecule has 2 aromatic carbocycles. The Morgan fingerprint density at radius 2 is 1.63 bits per heavy atom. The highest BCUT2D eigenvalue weighted by atomic mass is 16.2. The first kappa shape index (κ1) is 21.6. The van der Waals surface area contributed by atoms with Crippen molar-refractivity contribution in [3.63, 3.8) is 0 Å². The molecule has 1 saturated heterocycles. The fraction of sp³-hybridized carbons (Fsp3) is 0.391. The van der Waals surface area contributed by atoms with E-state index in [1.54, 1.807) is 24.3 Å². The Morgan fingerprint density at radius 1 is 0.967 bits per heavy atom. The van der Waals surface area contributed by atoms with Gasteiger partial charge in [-0.25, -0.2) is 4.79 Å². The van der Waals surface area contributed by atoms with Gasteiger partial charge in [-0.15, -0.1) is 0 Å². The fourth-order valence-corrected chi connectivity index (χ4v) is 3.50. The first-order valence-corrected chi connectivity index (χ1v) is 10.4. The van der Waals surface area contributed by atoms with Gasteiger partial charge in [0, 0.05) is 44.5 Å². The molecule has 2 aromatic rings. The topological polar surface area (TPSA) is 76.7 Å². The molecule has 160 valence electrons. The lowest BCUT2D eigenvalue weighted by Crippen LogP contribution is -2.45. The van der Waals surface area contributed by atoms with Crippen molar-refractivity contribution >= 4 is 23.3 Å². The number of rotatable bonds is 6. The molecule has 3 amide bonds. The van der Waals surface area contributed by atoms with E-state index in [0.717, 1.165) is 37.4 Å².